The zero-order chi connectivity index (χ0) is 36.4. The van der Waals surface area contributed by atoms with Crippen molar-refractivity contribution in [1.82, 2.24) is 0 Å². The molecule has 4 unspecified atom stereocenters. The van der Waals surface area contributed by atoms with E-state index in [1.165, 1.54) is 44.5 Å². The first-order chi connectivity index (χ1) is 24.8. The third-order valence-electron chi connectivity index (χ3n) is 14.9. The number of allylic oxidation sites excluding steroid dienone is 4. The zero-order valence-electron chi connectivity index (χ0n) is 30.3. The fraction of sp³-hybridized carbons (Fsp3) is 0.273. The summed E-state index contributed by atoms with van der Waals surface area (Å²) in [6.45, 7) is 3.08. The Morgan fingerprint density at radius 3 is 0.904 bits per heavy atom. The summed E-state index contributed by atoms with van der Waals surface area (Å²) in [6.07, 6.45) is 23.0. The number of benzene rings is 4. The predicted molar refractivity (Wildman–Crippen MR) is 233 cm³/mol. The fourth-order valence-electron chi connectivity index (χ4n) is 11.5. The Bertz CT molecular complexity index is 1950. The van der Waals surface area contributed by atoms with Crippen LogP contribution in [0.1, 0.15) is 84.7 Å². The van der Waals surface area contributed by atoms with Crippen molar-refractivity contribution in [2.24, 2.45) is 0 Å². The molecule has 0 saturated carbocycles. The third-order valence-corrected chi connectivity index (χ3v) is 125. The Morgan fingerprint density at radius 2 is 0.654 bits per heavy atom. The van der Waals surface area contributed by atoms with Gasteiger partial charge in [-0.2, -0.15) is 0 Å². The Balaban J connectivity index is 1.10. The molecule has 0 fully saturated rings. The Morgan fingerprint density at radius 1 is 0.404 bits per heavy atom. The molecule has 0 spiro atoms. The normalized spacial score (nSPS) is 24.2. The van der Waals surface area contributed by atoms with E-state index < -0.39 is 41.4 Å². The molecule has 4 atom stereocenters. The average molecular weight is 959 g/mol. The summed E-state index contributed by atoms with van der Waals surface area (Å²) in [6, 6.07) is 35.3. The van der Waals surface area contributed by atoms with Gasteiger partial charge < -0.3 is 0 Å². The Hall–Kier alpha value is -0.800. The molecule has 4 aromatic rings. The van der Waals surface area contributed by atoms with Crippen molar-refractivity contribution in [1.29, 1.82) is 0 Å². The van der Waals surface area contributed by atoms with E-state index in [0.29, 0.717) is 0 Å². The molecular weight excluding hydrogens is 909 g/mol. The summed E-state index contributed by atoms with van der Waals surface area (Å²) < 4.78 is 2.28. The van der Waals surface area contributed by atoms with Gasteiger partial charge >= 0.3 is 327 Å². The van der Waals surface area contributed by atoms with Crippen molar-refractivity contribution >= 4 is 71.6 Å². The molecule has 52 heavy (non-hydrogen) atoms. The number of fused-ring (bicyclic) bond motifs is 4. The molecule has 0 aliphatic heterocycles. The predicted octanol–water partition coefficient (Wildman–Crippen LogP) is 13.8. The summed E-state index contributed by atoms with van der Waals surface area (Å²) in [7, 11) is 34.8. The second-order valence-electron chi connectivity index (χ2n) is 17.0. The first-order valence-corrected chi connectivity index (χ1v) is 56.0. The van der Waals surface area contributed by atoms with Crippen molar-refractivity contribution < 1.29 is 28.1 Å². The first kappa shape index (κ1) is 38.1. The molecule has 0 bridgehead atoms. The molecule has 4 aliphatic carbocycles. The molecule has 0 aromatic heterocycles. The number of hydrogen-bond acceptors (Lipinski definition) is 0. The van der Waals surface area contributed by atoms with Crippen molar-refractivity contribution in [3.05, 3.63) is 166 Å². The molecule has 0 nitrogen and oxygen atoms in total. The van der Waals surface area contributed by atoms with Crippen molar-refractivity contribution in [3.8, 4) is 0 Å². The van der Waals surface area contributed by atoms with Gasteiger partial charge in [-0.15, -0.1) is 0 Å². The quantitative estimate of drug-likeness (QED) is 0.0925. The van der Waals surface area contributed by atoms with E-state index in [1.807, 2.05) is 0 Å². The van der Waals surface area contributed by atoms with E-state index in [-0.39, 0.29) is 14.5 Å². The minimum atomic E-state index is -5.19. The van der Waals surface area contributed by atoms with Gasteiger partial charge in [0, 0.05) is 0 Å². The van der Waals surface area contributed by atoms with Crippen LogP contribution < -0.4 is 0 Å². The summed E-state index contributed by atoms with van der Waals surface area (Å²) in [5.41, 5.74) is 10.5. The Kier molecular flexibility index (Phi) is 9.42. The number of unbranched alkanes of at least 4 members (excludes halogenated alkanes) is 3. The molecule has 8 heteroatoms. The van der Waals surface area contributed by atoms with Crippen LogP contribution in [0.5, 0.6) is 0 Å². The molecule has 4 aromatic carbocycles. The van der Waals surface area contributed by atoms with Gasteiger partial charge in [0.25, 0.3) is 0 Å². The first-order valence-electron chi connectivity index (χ1n) is 19.5. The van der Waals surface area contributed by atoms with Gasteiger partial charge in [0.2, 0.25) is 0 Å². The monoisotopic (exact) mass is 954 g/mol. The summed E-state index contributed by atoms with van der Waals surface area (Å²) in [4.78, 5) is 0. The van der Waals surface area contributed by atoms with Crippen LogP contribution in [0.25, 0.3) is 24.3 Å². The van der Waals surface area contributed by atoms with Crippen LogP contribution in [0.15, 0.2) is 121 Å². The van der Waals surface area contributed by atoms with Crippen molar-refractivity contribution in [2.75, 3.05) is 0 Å². The molecular formula is C44H50Cl4Si2Zr2. The van der Waals surface area contributed by atoms with Crippen LogP contribution in [-0.4, -0.2) is 13.3 Å². The second kappa shape index (κ2) is 12.9. The van der Waals surface area contributed by atoms with Gasteiger partial charge in [-0.25, -0.2) is 0 Å². The van der Waals surface area contributed by atoms with Gasteiger partial charge in [-0.3, -0.25) is 0 Å². The van der Waals surface area contributed by atoms with E-state index in [4.69, 9.17) is 34.1 Å². The van der Waals surface area contributed by atoms with Crippen LogP contribution >= 0.6 is 34.1 Å². The fourth-order valence-corrected chi connectivity index (χ4v) is 83.6. The van der Waals surface area contributed by atoms with E-state index >= 15 is 0 Å². The van der Waals surface area contributed by atoms with Crippen LogP contribution in [0.2, 0.25) is 21.4 Å². The van der Waals surface area contributed by atoms with Crippen LogP contribution in [0.4, 0.5) is 0 Å². The maximum atomic E-state index is 8.71. The van der Waals surface area contributed by atoms with Gasteiger partial charge in [-0.05, 0) is 0 Å². The maximum absolute atomic E-state index is 8.71. The minimum absolute atomic E-state index is 0.105. The van der Waals surface area contributed by atoms with Gasteiger partial charge in [0.05, 0.1) is 0 Å². The topological polar surface area (TPSA) is 0 Å². The van der Waals surface area contributed by atoms with Crippen LogP contribution in [-0.2, 0) is 28.1 Å². The summed E-state index contributed by atoms with van der Waals surface area (Å²) >= 11 is -10.4. The standard InChI is InChI=1S/4C9H7.C6H12.2CH5Si.4ClH.2Zr/c4*1-2-5-9-7-3-6-8(9)4-1;1-3-5-6-4-2;2*1-2;;;;;;/h4*1-7H;1-6H2;2*2H2,1H3;4*1H;;/q;;;;;;;;;;;2*+2/p-4. The number of hydrogen-bond donors (Lipinski definition) is 0. The van der Waals surface area contributed by atoms with Crippen LogP contribution in [0, 0.1) is 0 Å². The zero-order valence-corrected chi connectivity index (χ0v) is 41.1. The molecule has 8 rings (SSSR count). The second-order valence-corrected chi connectivity index (χ2v) is 124. The Labute approximate surface area is 323 Å². The summed E-state index contributed by atoms with van der Waals surface area (Å²) in [5.74, 6) is 0. The number of rotatable bonds is 13. The molecule has 0 heterocycles. The molecule has 4 aliphatic rings. The molecule has 0 amide bonds. The van der Waals surface area contributed by atoms with Gasteiger partial charge in [0.15, 0.2) is 0 Å². The van der Waals surface area contributed by atoms with Crippen molar-refractivity contribution in [3.63, 3.8) is 0 Å². The third kappa shape index (κ3) is 5.50. The van der Waals surface area contributed by atoms with E-state index in [9.17, 15) is 0 Å². The average Bonchev–Trinajstić information content (AvgIpc) is 3.99. The van der Waals surface area contributed by atoms with E-state index in [1.54, 1.807) is 0 Å². The van der Waals surface area contributed by atoms with Gasteiger partial charge in [-0.1, -0.05) is 0 Å². The molecule has 0 N–H and O–H groups in total. The van der Waals surface area contributed by atoms with Crippen molar-refractivity contribution in [2.45, 2.75) is 61.5 Å². The number of halogens is 4. The van der Waals surface area contributed by atoms with E-state index in [0.717, 1.165) is 33.9 Å². The van der Waals surface area contributed by atoms with Gasteiger partial charge in [0.1, 0.15) is 0 Å². The molecule has 0 radical (unpaired) electrons. The SMILES string of the molecule is C[SiH2][Zr]([Cl])([Cl])([CH2]CCCC[CH2][Zr]([Cl])([Cl])([SiH2]C)([CH]1C=Cc2ccccc21)[CH]1C=Cc2ccccc21)([CH]1C=Cc2ccccc21)[CH]1C=Cc2ccccc21. The summed E-state index contributed by atoms with van der Waals surface area (Å²) in [5, 5.41) is 0. The van der Waals surface area contributed by atoms with E-state index in [2.05, 4.69) is 159 Å². The molecule has 270 valence electrons. The molecule has 0 saturated heterocycles. The van der Waals surface area contributed by atoms with Crippen LogP contribution in [0.3, 0.4) is 0 Å².